The standard InChI is InChI=1S/C24H22BrF4N7O4/c25-14-2-11(1-13(5-14)24(27,28)29)17(6-21(38)39)34-20(37)10-30-22(40)12-3-18(16-9-33-36-19(16)4-12)35-23-31-7-15(26)8-32-23/h1-5,9,15,17H,6-8,10H2,(H,30,40)(H,33,36)(H,34,37)(H,38,39)(H2,31,32,35)/t17-/m0/s1. The molecule has 0 saturated heterocycles. The van der Waals surface area contributed by atoms with Gasteiger partial charge in [0.1, 0.15) is 6.17 Å². The first-order valence-corrected chi connectivity index (χ1v) is 12.5. The molecule has 16 heteroatoms. The van der Waals surface area contributed by atoms with E-state index in [4.69, 9.17) is 0 Å². The maximum Gasteiger partial charge on any atom is 0.416 e. The highest BCUT2D eigenvalue weighted by atomic mass is 79.9. The lowest BCUT2D eigenvalue weighted by atomic mass is 10.0. The summed E-state index contributed by atoms with van der Waals surface area (Å²) in [4.78, 5) is 40.9. The fourth-order valence-corrected chi connectivity index (χ4v) is 4.44. The fraction of sp³-hybridized carbons (Fsp3) is 0.292. The molecule has 2 heterocycles. The Morgan fingerprint density at radius 2 is 1.95 bits per heavy atom. The van der Waals surface area contributed by atoms with Crippen LogP contribution >= 0.6 is 15.9 Å². The number of carbonyl (C=O) groups is 3. The number of H-pyrrole nitrogens is 1. The lowest BCUT2D eigenvalue weighted by Gasteiger charge is -2.20. The van der Waals surface area contributed by atoms with Gasteiger partial charge in [-0.25, -0.2) is 9.38 Å². The molecule has 1 unspecified atom stereocenters. The summed E-state index contributed by atoms with van der Waals surface area (Å²) in [5.74, 6) is -2.54. The van der Waals surface area contributed by atoms with Crippen molar-refractivity contribution in [2.75, 3.05) is 25.0 Å². The minimum atomic E-state index is -4.69. The second kappa shape index (κ2) is 11.9. The number of rotatable bonds is 8. The van der Waals surface area contributed by atoms with Crippen LogP contribution in [0.5, 0.6) is 0 Å². The number of carboxylic acid groups (broad SMARTS) is 1. The fourth-order valence-electron chi connectivity index (χ4n) is 3.93. The Labute approximate surface area is 231 Å². The maximum absolute atomic E-state index is 13.4. The third kappa shape index (κ3) is 7.25. The van der Waals surface area contributed by atoms with Crippen LogP contribution in [0.2, 0.25) is 0 Å². The molecular weight excluding hydrogens is 606 g/mol. The van der Waals surface area contributed by atoms with Crippen molar-refractivity contribution in [1.29, 1.82) is 0 Å². The van der Waals surface area contributed by atoms with Crippen LogP contribution in [-0.4, -0.2) is 64.9 Å². The van der Waals surface area contributed by atoms with Crippen LogP contribution in [0.3, 0.4) is 0 Å². The molecule has 2 aromatic carbocycles. The van der Waals surface area contributed by atoms with Crippen molar-refractivity contribution >= 4 is 56.3 Å². The molecule has 0 fully saturated rings. The summed E-state index contributed by atoms with van der Waals surface area (Å²) in [6.07, 6.45) is -4.99. The quantitative estimate of drug-likeness (QED) is 0.209. The molecule has 0 radical (unpaired) electrons. The first-order chi connectivity index (χ1) is 18.9. The minimum absolute atomic E-state index is 0.0283. The molecule has 1 aliphatic heterocycles. The zero-order chi connectivity index (χ0) is 29.0. The molecule has 0 saturated carbocycles. The predicted molar refractivity (Wildman–Crippen MR) is 140 cm³/mol. The van der Waals surface area contributed by atoms with Gasteiger partial charge >= 0.3 is 12.1 Å². The molecule has 0 bridgehead atoms. The van der Waals surface area contributed by atoms with E-state index in [0.29, 0.717) is 22.5 Å². The number of anilines is 1. The molecule has 4 rings (SSSR count). The molecule has 2 atom stereocenters. The highest BCUT2D eigenvalue weighted by molar-refractivity contribution is 9.10. The van der Waals surface area contributed by atoms with Crippen molar-refractivity contribution in [2.45, 2.75) is 24.8 Å². The van der Waals surface area contributed by atoms with Crippen LogP contribution in [-0.2, 0) is 15.8 Å². The summed E-state index contributed by atoms with van der Waals surface area (Å²) < 4.78 is 53.2. The van der Waals surface area contributed by atoms with E-state index >= 15 is 0 Å². The summed E-state index contributed by atoms with van der Waals surface area (Å²) >= 11 is 2.98. The van der Waals surface area contributed by atoms with Gasteiger partial charge in [-0.2, -0.15) is 18.3 Å². The zero-order valence-corrected chi connectivity index (χ0v) is 22.0. The molecular formula is C24H22BrF4N7O4. The van der Waals surface area contributed by atoms with Crippen molar-refractivity contribution < 1.29 is 37.1 Å². The van der Waals surface area contributed by atoms with Crippen LogP contribution in [0.25, 0.3) is 10.9 Å². The Balaban J connectivity index is 1.46. The number of hydrogen-bond donors (Lipinski definition) is 6. The van der Waals surface area contributed by atoms with E-state index in [1.54, 1.807) is 0 Å². The smallest absolute Gasteiger partial charge is 0.416 e. The average Bonchev–Trinajstić information content (AvgIpc) is 3.36. The minimum Gasteiger partial charge on any atom is -0.481 e. The number of nitrogens with one attached hydrogen (secondary N) is 5. The lowest BCUT2D eigenvalue weighted by molar-refractivity contribution is -0.138. The van der Waals surface area contributed by atoms with E-state index in [0.717, 1.165) is 12.1 Å². The van der Waals surface area contributed by atoms with E-state index in [9.17, 15) is 37.1 Å². The van der Waals surface area contributed by atoms with Gasteiger partial charge in [0.05, 0.1) is 55.1 Å². The monoisotopic (exact) mass is 627 g/mol. The van der Waals surface area contributed by atoms with Gasteiger partial charge < -0.3 is 26.4 Å². The Morgan fingerprint density at radius 3 is 2.62 bits per heavy atom. The SMILES string of the molecule is O=C(O)C[C@H](NC(=O)CNC(=O)c1cc(NC2=NCC(F)CN2)c2cn[nH]c2c1)c1cc(Br)cc(C(F)(F)F)c1. The van der Waals surface area contributed by atoms with Gasteiger partial charge in [0, 0.05) is 15.4 Å². The number of carboxylic acids is 1. The van der Waals surface area contributed by atoms with Crippen molar-refractivity contribution in [3.63, 3.8) is 0 Å². The van der Waals surface area contributed by atoms with Gasteiger partial charge in [0.25, 0.3) is 5.91 Å². The zero-order valence-electron chi connectivity index (χ0n) is 20.4. The number of alkyl halides is 4. The lowest BCUT2D eigenvalue weighted by Crippen LogP contribution is -2.41. The van der Waals surface area contributed by atoms with Crippen molar-refractivity contribution in [3.8, 4) is 0 Å². The van der Waals surface area contributed by atoms with Gasteiger partial charge in [-0.3, -0.25) is 19.5 Å². The van der Waals surface area contributed by atoms with Gasteiger partial charge in [0.15, 0.2) is 5.96 Å². The van der Waals surface area contributed by atoms with Gasteiger partial charge in [-0.05, 0) is 35.9 Å². The van der Waals surface area contributed by atoms with Crippen molar-refractivity contribution in [1.82, 2.24) is 26.1 Å². The van der Waals surface area contributed by atoms with E-state index < -0.39 is 54.7 Å². The Bertz CT molecular complexity index is 1480. The van der Waals surface area contributed by atoms with Gasteiger partial charge in [-0.15, -0.1) is 0 Å². The van der Waals surface area contributed by atoms with E-state index in [1.165, 1.54) is 24.4 Å². The van der Waals surface area contributed by atoms with Crippen molar-refractivity contribution in [3.05, 3.63) is 57.7 Å². The van der Waals surface area contributed by atoms with E-state index in [1.807, 2.05) is 0 Å². The normalized spacial score (nSPS) is 16.0. The molecule has 0 spiro atoms. The third-order valence-electron chi connectivity index (χ3n) is 5.79. The third-order valence-corrected chi connectivity index (χ3v) is 6.24. The number of aromatic nitrogens is 2. The summed E-state index contributed by atoms with van der Waals surface area (Å²) in [6.45, 7) is -0.555. The van der Waals surface area contributed by atoms with Crippen molar-refractivity contribution in [2.24, 2.45) is 4.99 Å². The number of guanidine groups is 1. The molecule has 3 aromatic rings. The number of aromatic amines is 1. The van der Waals surface area contributed by atoms with E-state index in [-0.39, 0.29) is 28.7 Å². The van der Waals surface area contributed by atoms with Crippen LogP contribution in [0, 0.1) is 0 Å². The molecule has 40 heavy (non-hydrogen) atoms. The molecule has 6 N–H and O–H groups in total. The number of amides is 2. The Hall–Kier alpha value is -4.21. The summed E-state index contributed by atoms with van der Waals surface area (Å²) in [5.41, 5.74) is -0.0670. The maximum atomic E-state index is 13.4. The molecule has 1 aromatic heterocycles. The van der Waals surface area contributed by atoms with Gasteiger partial charge in [-0.1, -0.05) is 15.9 Å². The molecule has 11 nitrogen and oxygen atoms in total. The highest BCUT2D eigenvalue weighted by Gasteiger charge is 2.32. The predicted octanol–water partition coefficient (Wildman–Crippen LogP) is 3.12. The largest absolute Gasteiger partial charge is 0.481 e. The van der Waals surface area contributed by atoms with E-state index in [2.05, 4.69) is 52.4 Å². The number of nitrogens with zero attached hydrogens (tertiary/aromatic N) is 2. The molecule has 1 aliphatic rings. The molecule has 0 aliphatic carbocycles. The highest BCUT2D eigenvalue weighted by Crippen LogP contribution is 2.34. The number of halogens is 5. The summed E-state index contributed by atoms with van der Waals surface area (Å²) in [6, 6.07) is 4.52. The van der Waals surface area contributed by atoms with Crippen LogP contribution in [0.1, 0.15) is 33.9 Å². The summed E-state index contributed by atoms with van der Waals surface area (Å²) in [7, 11) is 0. The number of hydrogen-bond acceptors (Lipinski definition) is 7. The average molecular weight is 628 g/mol. The number of fused-ring (bicyclic) bond motifs is 1. The Kier molecular flexibility index (Phi) is 8.56. The summed E-state index contributed by atoms with van der Waals surface area (Å²) in [5, 5.41) is 27.1. The van der Waals surface area contributed by atoms with Crippen LogP contribution < -0.4 is 21.3 Å². The molecule has 212 valence electrons. The van der Waals surface area contributed by atoms with Crippen LogP contribution in [0.4, 0.5) is 23.2 Å². The number of benzene rings is 2. The number of aliphatic imine (C=N–C) groups is 1. The second-order valence-electron chi connectivity index (χ2n) is 8.82. The molecule has 2 amide bonds. The Morgan fingerprint density at radius 1 is 1.18 bits per heavy atom. The number of carbonyl (C=O) groups excluding carboxylic acids is 2. The van der Waals surface area contributed by atoms with Crippen LogP contribution in [0.15, 0.2) is 46.0 Å². The topological polar surface area (TPSA) is 161 Å². The number of aliphatic carboxylic acids is 1. The van der Waals surface area contributed by atoms with Gasteiger partial charge in [0.2, 0.25) is 5.91 Å². The first-order valence-electron chi connectivity index (χ1n) is 11.7. The first kappa shape index (κ1) is 28.8. The second-order valence-corrected chi connectivity index (χ2v) is 9.73.